The van der Waals surface area contributed by atoms with E-state index in [-0.39, 0.29) is 10.9 Å². The molecule has 2 rings (SSSR count). The first-order valence-corrected chi connectivity index (χ1v) is 4.80. The van der Waals surface area contributed by atoms with Crippen molar-refractivity contribution in [3.8, 4) is 0 Å². The molecule has 6 heteroatoms. The first-order valence-electron chi connectivity index (χ1n) is 4.01. The second-order valence-electron chi connectivity index (χ2n) is 2.87. The molecule has 2 heterocycles. The van der Waals surface area contributed by atoms with E-state index in [1.807, 2.05) is 0 Å². The lowest BCUT2D eigenvalue weighted by Crippen LogP contribution is -2.15. The SMILES string of the molecule is O=C(O)c1c[nH]c2nc(Br)ccc2c1=O. The largest absolute Gasteiger partial charge is 0.477 e. The van der Waals surface area contributed by atoms with E-state index in [0.717, 1.165) is 6.20 Å². The maximum absolute atomic E-state index is 11.6. The lowest BCUT2D eigenvalue weighted by atomic mass is 10.2. The van der Waals surface area contributed by atoms with E-state index in [9.17, 15) is 9.59 Å². The Hall–Kier alpha value is -1.69. The normalized spacial score (nSPS) is 10.5. The Labute approximate surface area is 91.9 Å². The van der Waals surface area contributed by atoms with Crippen molar-refractivity contribution in [2.45, 2.75) is 0 Å². The van der Waals surface area contributed by atoms with E-state index in [2.05, 4.69) is 25.9 Å². The third kappa shape index (κ3) is 1.63. The van der Waals surface area contributed by atoms with Gasteiger partial charge in [-0.05, 0) is 28.1 Å². The highest BCUT2D eigenvalue weighted by molar-refractivity contribution is 9.10. The molecule has 0 aromatic carbocycles. The molecule has 0 fully saturated rings. The highest BCUT2D eigenvalue weighted by Crippen LogP contribution is 2.11. The molecule has 0 spiro atoms. The molecule has 0 aliphatic rings. The molecule has 0 saturated heterocycles. The number of nitrogens with zero attached hydrogens (tertiary/aromatic N) is 1. The van der Waals surface area contributed by atoms with E-state index in [1.165, 1.54) is 6.07 Å². The molecule has 5 nitrogen and oxygen atoms in total. The zero-order valence-electron chi connectivity index (χ0n) is 7.32. The Kier molecular flexibility index (Phi) is 2.28. The summed E-state index contributed by atoms with van der Waals surface area (Å²) < 4.78 is 0.578. The molecule has 0 atom stereocenters. The summed E-state index contributed by atoms with van der Waals surface area (Å²) in [6, 6.07) is 3.11. The van der Waals surface area contributed by atoms with Gasteiger partial charge in [-0.2, -0.15) is 0 Å². The molecule has 0 saturated carbocycles. The van der Waals surface area contributed by atoms with Gasteiger partial charge in [0, 0.05) is 6.20 Å². The van der Waals surface area contributed by atoms with Crippen molar-refractivity contribution in [1.82, 2.24) is 9.97 Å². The first-order chi connectivity index (χ1) is 7.09. The van der Waals surface area contributed by atoms with Crippen molar-refractivity contribution in [2.75, 3.05) is 0 Å². The predicted molar refractivity (Wildman–Crippen MR) is 57.0 cm³/mol. The highest BCUT2D eigenvalue weighted by Gasteiger charge is 2.11. The molecule has 2 N–H and O–H groups in total. The molecule has 0 aliphatic carbocycles. The van der Waals surface area contributed by atoms with Gasteiger partial charge in [-0.1, -0.05) is 0 Å². The number of fused-ring (bicyclic) bond motifs is 1. The number of halogens is 1. The third-order valence-corrected chi connectivity index (χ3v) is 2.38. The van der Waals surface area contributed by atoms with E-state index in [4.69, 9.17) is 5.11 Å². The fourth-order valence-corrected chi connectivity index (χ4v) is 1.55. The Morgan fingerprint density at radius 1 is 1.47 bits per heavy atom. The van der Waals surface area contributed by atoms with Crippen molar-refractivity contribution in [1.29, 1.82) is 0 Å². The summed E-state index contributed by atoms with van der Waals surface area (Å²) in [5.41, 5.74) is -0.456. The van der Waals surface area contributed by atoms with E-state index in [0.29, 0.717) is 10.3 Å². The van der Waals surface area contributed by atoms with Gasteiger partial charge in [-0.15, -0.1) is 0 Å². The average molecular weight is 269 g/mol. The zero-order chi connectivity index (χ0) is 11.0. The van der Waals surface area contributed by atoms with Crippen LogP contribution >= 0.6 is 15.9 Å². The number of carboxylic acid groups (broad SMARTS) is 1. The van der Waals surface area contributed by atoms with Crippen LogP contribution in [-0.2, 0) is 0 Å². The number of aromatic amines is 1. The van der Waals surface area contributed by atoms with Crippen molar-refractivity contribution in [2.24, 2.45) is 0 Å². The van der Waals surface area contributed by atoms with E-state index < -0.39 is 11.4 Å². The number of hydrogen-bond acceptors (Lipinski definition) is 3. The van der Waals surface area contributed by atoms with Gasteiger partial charge in [0.15, 0.2) is 0 Å². The van der Waals surface area contributed by atoms with Crippen molar-refractivity contribution in [3.63, 3.8) is 0 Å². The second kappa shape index (κ2) is 3.47. The average Bonchev–Trinajstić information content (AvgIpc) is 2.17. The first kappa shape index (κ1) is 9.85. The Morgan fingerprint density at radius 3 is 2.87 bits per heavy atom. The monoisotopic (exact) mass is 268 g/mol. The van der Waals surface area contributed by atoms with Gasteiger partial charge >= 0.3 is 5.97 Å². The number of hydrogen-bond donors (Lipinski definition) is 2. The summed E-state index contributed by atoms with van der Waals surface area (Å²) in [5.74, 6) is -1.25. The molecular formula is C9H5BrN2O3. The number of aromatic carboxylic acids is 1. The standard InChI is InChI=1S/C9H5BrN2O3/c10-6-2-1-4-7(13)5(9(14)15)3-11-8(4)12-6/h1-3H,(H,14,15)(H,11,12,13). The van der Waals surface area contributed by atoms with E-state index >= 15 is 0 Å². The van der Waals surface area contributed by atoms with Crippen LogP contribution in [0, 0.1) is 0 Å². The van der Waals surface area contributed by atoms with Crippen molar-refractivity contribution in [3.05, 3.63) is 38.7 Å². The van der Waals surface area contributed by atoms with Crippen LogP contribution in [0.15, 0.2) is 27.7 Å². The number of nitrogens with one attached hydrogen (secondary N) is 1. The number of rotatable bonds is 1. The highest BCUT2D eigenvalue weighted by atomic mass is 79.9. The molecule has 2 aromatic rings. The summed E-state index contributed by atoms with van der Waals surface area (Å²) in [5, 5.41) is 8.99. The van der Waals surface area contributed by atoms with Crippen LogP contribution in [0.3, 0.4) is 0 Å². The number of H-pyrrole nitrogens is 1. The Bertz CT molecular complexity index is 606. The molecule has 2 aromatic heterocycles. The summed E-state index contributed by atoms with van der Waals surface area (Å²) in [4.78, 5) is 29.0. The molecule has 0 amide bonds. The summed E-state index contributed by atoms with van der Waals surface area (Å²) in [6.07, 6.45) is 1.15. The molecular weight excluding hydrogens is 264 g/mol. The van der Waals surface area contributed by atoms with Gasteiger partial charge in [-0.3, -0.25) is 4.79 Å². The molecule has 0 radical (unpaired) electrons. The summed E-state index contributed by atoms with van der Waals surface area (Å²) >= 11 is 3.15. The van der Waals surface area contributed by atoms with Crippen LogP contribution in [0.4, 0.5) is 0 Å². The second-order valence-corrected chi connectivity index (χ2v) is 3.68. The van der Waals surface area contributed by atoms with Crippen LogP contribution in [0.1, 0.15) is 10.4 Å². The number of carboxylic acids is 1. The number of pyridine rings is 2. The lowest BCUT2D eigenvalue weighted by Gasteiger charge is -1.98. The molecule has 0 unspecified atom stereocenters. The topological polar surface area (TPSA) is 83.0 Å². The fourth-order valence-electron chi connectivity index (χ4n) is 1.24. The maximum atomic E-state index is 11.6. The van der Waals surface area contributed by atoms with Crippen molar-refractivity contribution >= 4 is 32.9 Å². The zero-order valence-corrected chi connectivity index (χ0v) is 8.91. The number of carbonyl (C=O) groups is 1. The predicted octanol–water partition coefficient (Wildman–Crippen LogP) is 1.38. The van der Waals surface area contributed by atoms with Crippen LogP contribution in [-0.4, -0.2) is 21.0 Å². The smallest absolute Gasteiger partial charge is 0.341 e. The van der Waals surface area contributed by atoms with Gasteiger partial charge in [0.2, 0.25) is 5.43 Å². The van der Waals surface area contributed by atoms with Crippen LogP contribution in [0.2, 0.25) is 0 Å². The van der Waals surface area contributed by atoms with Gasteiger partial charge in [0.1, 0.15) is 15.8 Å². The quantitative estimate of drug-likeness (QED) is 0.766. The lowest BCUT2D eigenvalue weighted by molar-refractivity contribution is 0.0695. The van der Waals surface area contributed by atoms with Crippen LogP contribution < -0.4 is 5.43 Å². The summed E-state index contributed by atoms with van der Waals surface area (Å²) in [6.45, 7) is 0. The van der Waals surface area contributed by atoms with E-state index in [1.54, 1.807) is 6.07 Å². The van der Waals surface area contributed by atoms with Crippen LogP contribution in [0.25, 0.3) is 11.0 Å². The summed E-state index contributed by atoms with van der Waals surface area (Å²) in [7, 11) is 0. The minimum atomic E-state index is -1.25. The van der Waals surface area contributed by atoms with Gasteiger partial charge in [0.05, 0.1) is 5.39 Å². The molecule has 76 valence electrons. The maximum Gasteiger partial charge on any atom is 0.341 e. The van der Waals surface area contributed by atoms with Gasteiger partial charge < -0.3 is 10.1 Å². The van der Waals surface area contributed by atoms with Crippen molar-refractivity contribution < 1.29 is 9.90 Å². The minimum Gasteiger partial charge on any atom is -0.477 e. The fraction of sp³-hybridized carbons (Fsp3) is 0. The van der Waals surface area contributed by atoms with Crippen LogP contribution in [0.5, 0.6) is 0 Å². The van der Waals surface area contributed by atoms with Gasteiger partial charge in [-0.25, -0.2) is 9.78 Å². The van der Waals surface area contributed by atoms with Gasteiger partial charge in [0.25, 0.3) is 0 Å². The minimum absolute atomic E-state index is 0.262. The Morgan fingerprint density at radius 2 is 2.20 bits per heavy atom. The molecule has 0 bridgehead atoms. The molecule has 0 aliphatic heterocycles. The third-order valence-electron chi connectivity index (χ3n) is 1.93. The Balaban J connectivity index is 2.86. The number of aromatic nitrogens is 2. The molecule has 15 heavy (non-hydrogen) atoms.